The number of hydrogen-bond acceptors (Lipinski definition) is 1. The molecule has 0 unspecified atom stereocenters. The van der Waals surface area contributed by atoms with Gasteiger partial charge in [-0.3, -0.25) is 4.79 Å². The lowest BCUT2D eigenvalue weighted by atomic mass is 10.1. The van der Waals surface area contributed by atoms with Crippen LogP contribution in [0.1, 0.15) is 15.9 Å². The van der Waals surface area contributed by atoms with E-state index in [1.54, 1.807) is 12.1 Å². The van der Waals surface area contributed by atoms with Gasteiger partial charge in [-0.2, -0.15) is 0 Å². The Hall–Kier alpha value is -1.75. The van der Waals surface area contributed by atoms with Crippen LogP contribution in [0.25, 0.3) is 0 Å². The van der Waals surface area contributed by atoms with Crippen LogP contribution in [0.3, 0.4) is 0 Å². The number of benzene rings is 2. The van der Waals surface area contributed by atoms with Crippen molar-refractivity contribution in [1.82, 2.24) is 0 Å². The zero-order chi connectivity index (χ0) is 14.0. The quantitative estimate of drug-likeness (QED) is 0.876. The van der Waals surface area contributed by atoms with E-state index in [-0.39, 0.29) is 5.69 Å². The Labute approximate surface area is 117 Å². The molecule has 0 heterocycles. The second-order valence-electron chi connectivity index (χ2n) is 4.01. The van der Waals surface area contributed by atoms with Gasteiger partial charge < -0.3 is 5.32 Å². The Bertz CT molecular complexity index is 643. The third kappa shape index (κ3) is 2.98. The molecule has 0 saturated heterocycles. The molecule has 0 aliphatic heterocycles. The summed E-state index contributed by atoms with van der Waals surface area (Å²) >= 11 is 3.30. The standard InChI is InChI=1S/C14H10BrF2NO/c1-8-3-2-4-10(13(8)15)14(19)18-12-7-9(16)5-6-11(12)17/h2-7H,1H3,(H,18,19). The highest BCUT2D eigenvalue weighted by Crippen LogP contribution is 2.23. The van der Waals surface area contributed by atoms with Crippen molar-refractivity contribution >= 4 is 27.5 Å². The number of anilines is 1. The molecule has 2 nitrogen and oxygen atoms in total. The van der Waals surface area contributed by atoms with Gasteiger partial charge >= 0.3 is 0 Å². The van der Waals surface area contributed by atoms with Crippen LogP contribution in [0.4, 0.5) is 14.5 Å². The number of halogens is 3. The van der Waals surface area contributed by atoms with Crippen molar-refractivity contribution in [1.29, 1.82) is 0 Å². The predicted molar refractivity (Wildman–Crippen MR) is 73.2 cm³/mol. The van der Waals surface area contributed by atoms with Crippen LogP contribution < -0.4 is 5.32 Å². The van der Waals surface area contributed by atoms with Crippen molar-refractivity contribution in [2.45, 2.75) is 6.92 Å². The third-order valence-electron chi connectivity index (χ3n) is 2.61. The summed E-state index contributed by atoms with van der Waals surface area (Å²) < 4.78 is 27.1. The summed E-state index contributed by atoms with van der Waals surface area (Å²) in [5.74, 6) is -1.79. The van der Waals surface area contributed by atoms with Crippen molar-refractivity contribution in [3.8, 4) is 0 Å². The summed E-state index contributed by atoms with van der Waals surface area (Å²) in [5.41, 5.74) is 1.06. The molecule has 19 heavy (non-hydrogen) atoms. The van der Waals surface area contributed by atoms with Crippen molar-refractivity contribution in [3.63, 3.8) is 0 Å². The molecule has 0 aromatic heterocycles. The van der Waals surface area contributed by atoms with Crippen molar-refractivity contribution < 1.29 is 13.6 Å². The third-order valence-corrected chi connectivity index (χ3v) is 3.67. The summed E-state index contributed by atoms with van der Waals surface area (Å²) in [6.45, 7) is 1.84. The fraction of sp³-hybridized carbons (Fsp3) is 0.0714. The molecular formula is C14H10BrF2NO. The van der Waals surface area contributed by atoms with E-state index in [1.807, 2.05) is 13.0 Å². The first-order chi connectivity index (χ1) is 8.99. The predicted octanol–water partition coefficient (Wildman–Crippen LogP) is 4.29. The molecule has 0 saturated carbocycles. The molecular weight excluding hydrogens is 316 g/mol. The molecule has 0 atom stereocenters. The first kappa shape index (κ1) is 13.7. The molecule has 98 valence electrons. The summed E-state index contributed by atoms with van der Waals surface area (Å²) in [6.07, 6.45) is 0. The zero-order valence-electron chi connectivity index (χ0n) is 10.0. The van der Waals surface area contributed by atoms with Gasteiger partial charge in [-0.15, -0.1) is 0 Å². The molecule has 2 rings (SSSR count). The van der Waals surface area contributed by atoms with Crippen LogP contribution in [0.2, 0.25) is 0 Å². The summed E-state index contributed by atoms with van der Waals surface area (Å²) in [5, 5.41) is 2.35. The smallest absolute Gasteiger partial charge is 0.256 e. The monoisotopic (exact) mass is 325 g/mol. The first-order valence-electron chi connectivity index (χ1n) is 5.50. The van der Waals surface area contributed by atoms with Crippen LogP contribution in [0, 0.1) is 18.6 Å². The number of hydrogen-bond donors (Lipinski definition) is 1. The van der Waals surface area contributed by atoms with E-state index in [1.165, 1.54) is 0 Å². The Morgan fingerprint density at radius 2 is 1.95 bits per heavy atom. The maximum atomic E-state index is 13.4. The number of nitrogens with one attached hydrogen (secondary N) is 1. The highest BCUT2D eigenvalue weighted by molar-refractivity contribution is 9.10. The average molecular weight is 326 g/mol. The highest BCUT2D eigenvalue weighted by atomic mass is 79.9. The van der Waals surface area contributed by atoms with Crippen LogP contribution in [-0.2, 0) is 0 Å². The topological polar surface area (TPSA) is 29.1 Å². The molecule has 1 N–H and O–H groups in total. The second kappa shape index (κ2) is 5.48. The molecule has 0 bridgehead atoms. The molecule has 0 spiro atoms. The first-order valence-corrected chi connectivity index (χ1v) is 6.30. The number of aryl methyl sites for hydroxylation is 1. The van der Waals surface area contributed by atoms with E-state index in [4.69, 9.17) is 0 Å². The van der Waals surface area contributed by atoms with Crippen molar-refractivity contribution in [2.75, 3.05) is 5.32 Å². The van der Waals surface area contributed by atoms with Gasteiger partial charge in [0.25, 0.3) is 5.91 Å². The van der Waals surface area contributed by atoms with E-state index in [2.05, 4.69) is 21.2 Å². The van der Waals surface area contributed by atoms with Crippen molar-refractivity contribution in [2.24, 2.45) is 0 Å². The Morgan fingerprint density at radius 1 is 1.21 bits per heavy atom. The minimum atomic E-state index is -0.682. The lowest BCUT2D eigenvalue weighted by molar-refractivity contribution is 0.102. The van der Waals surface area contributed by atoms with Crippen LogP contribution in [-0.4, -0.2) is 5.91 Å². The maximum Gasteiger partial charge on any atom is 0.256 e. The van der Waals surface area contributed by atoms with E-state index in [9.17, 15) is 13.6 Å². The van der Waals surface area contributed by atoms with Crippen molar-refractivity contribution in [3.05, 3.63) is 63.6 Å². The van der Waals surface area contributed by atoms with E-state index >= 15 is 0 Å². The maximum absolute atomic E-state index is 13.4. The Kier molecular flexibility index (Phi) is 3.95. The highest BCUT2D eigenvalue weighted by Gasteiger charge is 2.13. The van der Waals surface area contributed by atoms with Crippen LogP contribution in [0.5, 0.6) is 0 Å². The van der Waals surface area contributed by atoms with Gasteiger partial charge in [-0.05, 0) is 46.6 Å². The Balaban J connectivity index is 2.31. The number of rotatable bonds is 2. The SMILES string of the molecule is Cc1cccc(C(=O)Nc2cc(F)ccc2F)c1Br. The zero-order valence-corrected chi connectivity index (χ0v) is 11.6. The van der Waals surface area contributed by atoms with Crippen LogP contribution >= 0.6 is 15.9 Å². The fourth-order valence-electron chi connectivity index (χ4n) is 1.61. The normalized spacial score (nSPS) is 10.3. The fourth-order valence-corrected chi connectivity index (χ4v) is 2.05. The minimum Gasteiger partial charge on any atom is -0.319 e. The lowest BCUT2D eigenvalue weighted by Crippen LogP contribution is -2.14. The van der Waals surface area contributed by atoms with Gasteiger partial charge in [0.1, 0.15) is 11.6 Å². The van der Waals surface area contributed by atoms with E-state index < -0.39 is 17.5 Å². The molecule has 0 aliphatic carbocycles. The average Bonchev–Trinajstić information content (AvgIpc) is 2.37. The van der Waals surface area contributed by atoms with E-state index in [0.717, 1.165) is 23.8 Å². The molecule has 2 aromatic rings. The lowest BCUT2D eigenvalue weighted by Gasteiger charge is -2.09. The Morgan fingerprint density at radius 3 is 2.68 bits per heavy atom. The number of carbonyl (C=O) groups is 1. The summed E-state index contributed by atoms with van der Waals surface area (Å²) in [4.78, 5) is 12.0. The van der Waals surface area contributed by atoms with Crippen LogP contribution in [0.15, 0.2) is 40.9 Å². The molecule has 0 fully saturated rings. The van der Waals surface area contributed by atoms with Gasteiger partial charge in [0.15, 0.2) is 0 Å². The largest absolute Gasteiger partial charge is 0.319 e. The van der Waals surface area contributed by atoms with E-state index in [0.29, 0.717) is 10.0 Å². The van der Waals surface area contributed by atoms with Gasteiger partial charge in [0, 0.05) is 10.5 Å². The molecule has 2 aromatic carbocycles. The van der Waals surface area contributed by atoms with Gasteiger partial charge in [-0.1, -0.05) is 12.1 Å². The van der Waals surface area contributed by atoms with Gasteiger partial charge in [0.2, 0.25) is 0 Å². The molecule has 5 heteroatoms. The summed E-state index contributed by atoms with van der Waals surface area (Å²) in [7, 11) is 0. The minimum absolute atomic E-state index is 0.182. The summed E-state index contributed by atoms with van der Waals surface area (Å²) in [6, 6.07) is 8.06. The van der Waals surface area contributed by atoms with Gasteiger partial charge in [0.05, 0.1) is 11.3 Å². The molecule has 0 aliphatic rings. The second-order valence-corrected chi connectivity index (χ2v) is 4.81. The number of carbonyl (C=O) groups excluding carboxylic acids is 1. The molecule has 1 amide bonds. The van der Waals surface area contributed by atoms with Gasteiger partial charge in [-0.25, -0.2) is 8.78 Å². The molecule has 0 radical (unpaired) electrons. The number of amides is 1.